The minimum absolute atomic E-state index is 0.130. The van der Waals surface area contributed by atoms with Crippen LogP contribution in [-0.2, 0) is 11.3 Å². The largest absolute Gasteiger partial charge is 0.485 e. The summed E-state index contributed by atoms with van der Waals surface area (Å²) in [5.74, 6) is 0.506. The lowest BCUT2D eigenvalue weighted by molar-refractivity contribution is 0.259. The predicted molar refractivity (Wildman–Crippen MR) is 121 cm³/mol. The highest BCUT2D eigenvalue weighted by Gasteiger charge is 2.16. The molecule has 4 aromatic rings. The molecule has 0 N–H and O–H groups in total. The number of hydrogen-bond donors (Lipinski definition) is 0. The Morgan fingerprint density at radius 3 is 2.42 bits per heavy atom. The van der Waals surface area contributed by atoms with Gasteiger partial charge in [-0.05, 0) is 43.3 Å². The number of allylic oxidation sites excluding steroid dienone is 1. The van der Waals surface area contributed by atoms with Gasteiger partial charge in [-0.1, -0.05) is 51.6 Å². The molecule has 2 aromatic carbocycles. The van der Waals surface area contributed by atoms with Crippen molar-refractivity contribution < 1.29 is 4.74 Å². The highest BCUT2D eigenvalue weighted by molar-refractivity contribution is 6.36. The zero-order chi connectivity index (χ0) is 22.0. The zero-order valence-electron chi connectivity index (χ0n) is 16.0. The molecule has 11 heteroatoms. The Morgan fingerprint density at radius 1 is 1.00 bits per heavy atom. The van der Waals surface area contributed by atoms with Crippen LogP contribution in [-0.4, -0.2) is 29.8 Å². The van der Waals surface area contributed by atoms with E-state index < -0.39 is 0 Å². The van der Waals surface area contributed by atoms with Crippen LogP contribution in [0.1, 0.15) is 18.2 Å². The Morgan fingerprint density at radius 2 is 1.74 bits per heavy atom. The fraction of sp³-hybridized carbons (Fsp3) is 0.100. The van der Waals surface area contributed by atoms with Gasteiger partial charge in [0.2, 0.25) is 0 Å². The molecule has 0 fully saturated rings. The summed E-state index contributed by atoms with van der Waals surface area (Å²) < 4.78 is 9.26. The Labute approximate surface area is 197 Å². The summed E-state index contributed by atoms with van der Waals surface area (Å²) in [4.78, 5) is 3.99. The second-order valence-corrected chi connectivity index (χ2v) is 8.10. The average Bonchev–Trinajstić information content (AvgIpc) is 3.41. The van der Waals surface area contributed by atoms with Gasteiger partial charge in [0.05, 0.1) is 27.6 Å². The number of halogens is 4. The first kappa shape index (κ1) is 21.6. The van der Waals surface area contributed by atoms with Crippen molar-refractivity contribution in [3.05, 3.63) is 86.6 Å². The Kier molecular flexibility index (Phi) is 6.48. The molecule has 158 valence electrons. The van der Waals surface area contributed by atoms with Gasteiger partial charge in [0, 0.05) is 15.6 Å². The molecule has 0 aliphatic heterocycles. The lowest BCUT2D eigenvalue weighted by Crippen LogP contribution is -2.03. The van der Waals surface area contributed by atoms with E-state index in [2.05, 4.69) is 20.4 Å². The van der Waals surface area contributed by atoms with Crippen LogP contribution in [0.15, 0.2) is 55.2 Å². The first-order chi connectivity index (χ1) is 14.9. The molecule has 0 amide bonds. The third-order valence-electron chi connectivity index (χ3n) is 4.33. The van der Waals surface area contributed by atoms with E-state index in [1.54, 1.807) is 58.3 Å². The summed E-state index contributed by atoms with van der Waals surface area (Å²) in [6.45, 7) is 1.98. The van der Waals surface area contributed by atoms with Gasteiger partial charge in [-0.2, -0.15) is 5.10 Å². The molecule has 31 heavy (non-hydrogen) atoms. The maximum absolute atomic E-state index is 6.42. The molecule has 2 heterocycles. The van der Waals surface area contributed by atoms with Crippen molar-refractivity contribution in [3.8, 4) is 5.69 Å². The number of benzene rings is 2. The number of aromatic nitrogens is 6. The van der Waals surface area contributed by atoms with Gasteiger partial charge < -0.3 is 4.74 Å². The van der Waals surface area contributed by atoms with Gasteiger partial charge in [-0.3, -0.25) is 0 Å². The molecule has 0 radical (unpaired) electrons. The quantitative estimate of drug-likeness (QED) is 0.305. The van der Waals surface area contributed by atoms with Crippen molar-refractivity contribution in [2.45, 2.75) is 13.5 Å². The van der Waals surface area contributed by atoms with Gasteiger partial charge in [0.25, 0.3) is 0 Å². The summed E-state index contributed by atoms with van der Waals surface area (Å²) in [5.41, 5.74) is 2.59. The molecular weight excluding hydrogens is 482 g/mol. The molecule has 0 aliphatic carbocycles. The summed E-state index contributed by atoms with van der Waals surface area (Å²) in [7, 11) is 0. The van der Waals surface area contributed by atoms with Gasteiger partial charge in [0.1, 0.15) is 30.7 Å². The van der Waals surface area contributed by atoms with E-state index in [4.69, 9.17) is 51.1 Å². The highest BCUT2D eigenvalue weighted by Crippen LogP contribution is 2.32. The SMILES string of the molecule is C/C(=C(/OCc1cn(-c2ccc(Cl)cc2Cl)nn1)c1ccc(Cl)cc1Cl)n1cncn1. The van der Waals surface area contributed by atoms with Gasteiger partial charge in [-0.15, -0.1) is 5.10 Å². The molecule has 0 saturated carbocycles. The number of hydrogen-bond acceptors (Lipinski definition) is 5. The molecule has 0 atom stereocenters. The highest BCUT2D eigenvalue weighted by atomic mass is 35.5. The van der Waals surface area contributed by atoms with Crippen molar-refractivity contribution in [2.75, 3.05) is 0 Å². The minimum Gasteiger partial charge on any atom is -0.485 e. The first-order valence-corrected chi connectivity index (χ1v) is 10.4. The zero-order valence-corrected chi connectivity index (χ0v) is 19.0. The Hall–Kier alpha value is -2.58. The second-order valence-electron chi connectivity index (χ2n) is 6.42. The Balaban J connectivity index is 1.63. The van der Waals surface area contributed by atoms with E-state index >= 15 is 0 Å². The molecule has 0 bridgehead atoms. The maximum Gasteiger partial charge on any atom is 0.149 e. The van der Waals surface area contributed by atoms with Gasteiger partial charge in [-0.25, -0.2) is 14.3 Å². The van der Waals surface area contributed by atoms with Crippen LogP contribution < -0.4 is 0 Å². The number of rotatable bonds is 6. The summed E-state index contributed by atoms with van der Waals surface area (Å²) in [6, 6.07) is 10.3. The molecular formula is C20H14Cl4N6O. The van der Waals surface area contributed by atoms with Crippen LogP contribution >= 0.6 is 46.4 Å². The van der Waals surface area contributed by atoms with Crippen molar-refractivity contribution in [3.63, 3.8) is 0 Å². The number of nitrogens with zero attached hydrogens (tertiary/aromatic N) is 6. The van der Waals surface area contributed by atoms with Crippen molar-refractivity contribution in [2.24, 2.45) is 0 Å². The summed E-state index contributed by atoms with van der Waals surface area (Å²) in [5, 5.41) is 14.4. The lowest BCUT2D eigenvalue weighted by Gasteiger charge is -2.15. The second kappa shape index (κ2) is 9.28. The predicted octanol–water partition coefficient (Wildman–Crippen LogP) is 6.03. The minimum atomic E-state index is 0.130. The monoisotopic (exact) mass is 494 g/mol. The van der Waals surface area contributed by atoms with Gasteiger partial charge in [0.15, 0.2) is 0 Å². The first-order valence-electron chi connectivity index (χ1n) is 8.93. The maximum atomic E-state index is 6.42. The van der Waals surface area contributed by atoms with E-state index in [0.717, 1.165) is 0 Å². The van der Waals surface area contributed by atoms with E-state index in [1.165, 1.54) is 6.33 Å². The van der Waals surface area contributed by atoms with Crippen LogP contribution in [0.5, 0.6) is 0 Å². The molecule has 0 unspecified atom stereocenters. The third kappa shape index (κ3) is 4.85. The van der Waals surface area contributed by atoms with Crippen molar-refractivity contribution in [1.29, 1.82) is 0 Å². The normalized spacial score (nSPS) is 12.0. The summed E-state index contributed by atoms with van der Waals surface area (Å²) in [6.07, 6.45) is 4.73. The van der Waals surface area contributed by atoms with Crippen LogP contribution in [0.4, 0.5) is 0 Å². The fourth-order valence-corrected chi connectivity index (χ4v) is 3.82. The fourth-order valence-electron chi connectivity index (χ4n) is 2.83. The average molecular weight is 496 g/mol. The standard InChI is InChI=1S/C20H14Cl4N6O/c1-12(30-11-25-10-26-30)20(16-4-2-13(21)6-17(16)23)31-9-15-8-29(28-27-15)19-5-3-14(22)7-18(19)24/h2-8,10-11H,9H2,1H3/b20-12-. The number of ether oxygens (including phenoxy) is 1. The van der Waals surface area contributed by atoms with Crippen molar-refractivity contribution >= 4 is 57.9 Å². The smallest absolute Gasteiger partial charge is 0.149 e. The molecule has 0 spiro atoms. The summed E-state index contributed by atoms with van der Waals surface area (Å²) >= 11 is 24.7. The van der Waals surface area contributed by atoms with Crippen LogP contribution in [0.2, 0.25) is 20.1 Å². The third-order valence-corrected chi connectivity index (χ3v) is 5.41. The van der Waals surface area contributed by atoms with E-state index in [1.807, 2.05) is 6.92 Å². The molecule has 4 rings (SSSR count). The molecule has 0 saturated heterocycles. The van der Waals surface area contributed by atoms with Crippen molar-refractivity contribution in [1.82, 2.24) is 29.8 Å². The van der Waals surface area contributed by atoms with Crippen LogP contribution in [0.3, 0.4) is 0 Å². The van der Waals surface area contributed by atoms with Gasteiger partial charge >= 0.3 is 0 Å². The molecule has 7 nitrogen and oxygen atoms in total. The van der Waals surface area contributed by atoms with E-state index in [9.17, 15) is 0 Å². The molecule has 0 aliphatic rings. The van der Waals surface area contributed by atoms with Crippen LogP contribution in [0, 0.1) is 0 Å². The van der Waals surface area contributed by atoms with E-state index in [-0.39, 0.29) is 6.61 Å². The Bertz CT molecular complexity index is 1250. The van der Waals surface area contributed by atoms with E-state index in [0.29, 0.717) is 48.5 Å². The topological polar surface area (TPSA) is 70.7 Å². The van der Waals surface area contributed by atoms with Crippen LogP contribution in [0.25, 0.3) is 17.1 Å². The lowest BCUT2D eigenvalue weighted by atomic mass is 10.1. The molecule has 2 aromatic heterocycles.